The first kappa shape index (κ1) is 11.6. The second-order valence-electron chi connectivity index (χ2n) is 4.61. The van der Waals surface area contributed by atoms with Crippen molar-refractivity contribution in [3.8, 4) is 0 Å². The minimum absolute atomic E-state index is 0.0307. The van der Waals surface area contributed by atoms with Crippen LogP contribution in [0.1, 0.15) is 19.8 Å². The van der Waals surface area contributed by atoms with Crippen LogP contribution in [0.5, 0.6) is 0 Å². The lowest BCUT2D eigenvalue weighted by molar-refractivity contribution is -0.219. The van der Waals surface area contributed by atoms with Crippen LogP contribution in [0.15, 0.2) is 12.7 Å². The highest BCUT2D eigenvalue weighted by atomic mass is 16.7. The number of carbonyl (C=O) groups is 1. The molecule has 1 spiro atoms. The first-order valence-corrected chi connectivity index (χ1v) is 5.73. The van der Waals surface area contributed by atoms with Crippen molar-refractivity contribution in [2.45, 2.75) is 25.6 Å². The molecule has 4 heteroatoms. The summed E-state index contributed by atoms with van der Waals surface area (Å²) in [6.07, 6.45) is 3.48. The number of amides is 1. The van der Waals surface area contributed by atoms with Gasteiger partial charge in [0.05, 0.1) is 13.2 Å². The number of nitrogens with one attached hydrogen (secondary N) is 1. The normalized spacial score (nSPS) is 36.5. The molecule has 1 saturated carbocycles. The van der Waals surface area contributed by atoms with Crippen molar-refractivity contribution in [3.63, 3.8) is 0 Å². The molecular weight excluding hydrogens is 206 g/mol. The summed E-state index contributed by atoms with van der Waals surface area (Å²) in [4.78, 5) is 12.1. The van der Waals surface area contributed by atoms with E-state index in [0.29, 0.717) is 13.2 Å². The van der Waals surface area contributed by atoms with Gasteiger partial charge in [-0.3, -0.25) is 4.79 Å². The summed E-state index contributed by atoms with van der Waals surface area (Å²) < 4.78 is 11.5. The Morgan fingerprint density at radius 1 is 1.50 bits per heavy atom. The van der Waals surface area contributed by atoms with Crippen molar-refractivity contribution in [1.82, 2.24) is 5.32 Å². The van der Waals surface area contributed by atoms with Crippen LogP contribution in [0.3, 0.4) is 0 Å². The monoisotopic (exact) mass is 225 g/mol. The molecule has 0 aromatic heterocycles. The molecule has 0 unspecified atom stereocenters. The van der Waals surface area contributed by atoms with Gasteiger partial charge in [0.25, 0.3) is 0 Å². The largest absolute Gasteiger partial charge is 0.359 e. The quantitative estimate of drug-likeness (QED) is 0.715. The molecule has 0 aromatic carbocycles. The van der Waals surface area contributed by atoms with E-state index < -0.39 is 11.2 Å². The molecule has 16 heavy (non-hydrogen) atoms. The molecule has 1 aliphatic carbocycles. The van der Waals surface area contributed by atoms with Crippen LogP contribution in [-0.4, -0.2) is 32.0 Å². The predicted octanol–water partition coefficient (Wildman–Crippen LogP) is 1.08. The Morgan fingerprint density at radius 2 is 2.12 bits per heavy atom. The summed E-state index contributed by atoms with van der Waals surface area (Å²) in [6, 6.07) is 0. The van der Waals surface area contributed by atoms with Crippen molar-refractivity contribution in [1.29, 1.82) is 0 Å². The van der Waals surface area contributed by atoms with Crippen molar-refractivity contribution >= 4 is 5.91 Å². The Morgan fingerprint density at radius 3 is 2.62 bits per heavy atom. The van der Waals surface area contributed by atoms with E-state index >= 15 is 0 Å². The molecule has 1 amide bonds. The molecule has 0 aromatic rings. The van der Waals surface area contributed by atoms with Crippen molar-refractivity contribution < 1.29 is 14.3 Å². The van der Waals surface area contributed by atoms with Gasteiger partial charge in [0.2, 0.25) is 5.91 Å². The highest BCUT2D eigenvalue weighted by Crippen LogP contribution is 2.55. The summed E-state index contributed by atoms with van der Waals surface area (Å²) in [5, 5.41) is 2.72. The van der Waals surface area contributed by atoms with E-state index in [1.165, 1.54) is 0 Å². The maximum atomic E-state index is 12.1. The molecule has 1 saturated heterocycles. The molecule has 1 heterocycles. The Labute approximate surface area is 96.0 Å². The fourth-order valence-electron chi connectivity index (χ4n) is 3.03. The van der Waals surface area contributed by atoms with Gasteiger partial charge in [-0.2, -0.15) is 0 Å². The zero-order valence-corrected chi connectivity index (χ0v) is 9.91. The maximum absolute atomic E-state index is 12.1. The average molecular weight is 225 g/mol. The number of ether oxygens (including phenoxy) is 2. The Hall–Kier alpha value is -0.870. The predicted molar refractivity (Wildman–Crippen MR) is 59.7 cm³/mol. The summed E-state index contributed by atoms with van der Waals surface area (Å²) in [5.41, 5.74) is -0.667. The highest BCUT2D eigenvalue weighted by molar-refractivity contribution is 5.84. The third-order valence-corrected chi connectivity index (χ3v) is 4.05. The highest BCUT2D eigenvalue weighted by Gasteiger charge is 2.64. The van der Waals surface area contributed by atoms with Crippen molar-refractivity contribution in [2.24, 2.45) is 11.3 Å². The molecule has 1 N–H and O–H groups in total. The van der Waals surface area contributed by atoms with Crippen molar-refractivity contribution in [3.05, 3.63) is 12.7 Å². The smallest absolute Gasteiger partial charge is 0.231 e. The molecule has 1 aliphatic heterocycles. The second-order valence-corrected chi connectivity index (χ2v) is 4.61. The number of rotatable bonds is 2. The van der Waals surface area contributed by atoms with Gasteiger partial charge < -0.3 is 14.8 Å². The zero-order chi connectivity index (χ0) is 11.8. The molecule has 4 nitrogen and oxygen atoms in total. The van der Waals surface area contributed by atoms with Crippen LogP contribution < -0.4 is 5.32 Å². The number of allylic oxidation sites excluding steroid dienone is 1. The van der Waals surface area contributed by atoms with Crippen LogP contribution in [-0.2, 0) is 14.3 Å². The molecule has 0 radical (unpaired) electrons. The number of hydrogen-bond donors (Lipinski definition) is 1. The van der Waals surface area contributed by atoms with Gasteiger partial charge in [0.15, 0.2) is 5.79 Å². The molecule has 2 fully saturated rings. The van der Waals surface area contributed by atoms with Gasteiger partial charge in [-0.05, 0) is 19.3 Å². The van der Waals surface area contributed by atoms with E-state index in [1.807, 2.05) is 13.0 Å². The van der Waals surface area contributed by atoms with Crippen molar-refractivity contribution in [2.75, 3.05) is 20.3 Å². The first-order valence-electron chi connectivity index (χ1n) is 5.73. The van der Waals surface area contributed by atoms with Gasteiger partial charge in [-0.25, -0.2) is 0 Å². The lowest BCUT2D eigenvalue weighted by atomic mass is 9.75. The molecule has 0 bridgehead atoms. The molecule has 2 aliphatic rings. The molecule has 2 atom stereocenters. The Bertz CT molecular complexity index is 309. The number of carbonyl (C=O) groups excluding carboxylic acids is 1. The average Bonchev–Trinajstić information content (AvgIpc) is 2.87. The van der Waals surface area contributed by atoms with Crippen LogP contribution in [0.2, 0.25) is 0 Å². The van der Waals surface area contributed by atoms with E-state index in [1.54, 1.807) is 7.05 Å². The van der Waals surface area contributed by atoms with Crippen LogP contribution in [0.25, 0.3) is 0 Å². The standard InChI is InChI=1S/C12H19NO3/c1-4-9-5-6-12(15-7-8-16-12)11(9,2)10(14)13-3/h4,9H,1,5-8H2,2-3H3,(H,13,14)/t9-,11-/m1/s1. The maximum Gasteiger partial charge on any atom is 0.231 e. The van der Waals surface area contributed by atoms with E-state index in [4.69, 9.17) is 9.47 Å². The SMILES string of the molecule is C=C[C@@H]1CCC2(OCCO2)[C@@]1(C)C(=O)NC. The van der Waals surface area contributed by atoms with Gasteiger partial charge in [-0.15, -0.1) is 6.58 Å². The van der Waals surface area contributed by atoms with Crippen LogP contribution in [0.4, 0.5) is 0 Å². The fourth-order valence-corrected chi connectivity index (χ4v) is 3.03. The van der Waals surface area contributed by atoms with Gasteiger partial charge >= 0.3 is 0 Å². The topological polar surface area (TPSA) is 47.6 Å². The third kappa shape index (κ3) is 1.26. The summed E-state index contributed by atoms with van der Waals surface area (Å²) in [5.74, 6) is -0.672. The summed E-state index contributed by atoms with van der Waals surface area (Å²) in [6.45, 7) is 6.86. The second kappa shape index (κ2) is 3.86. The number of hydrogen-bond acceptors (Lipinski definition) is 3. The minimum atomic E-state index is -0.744. The van der Waals surface area contributed by atoms with E-state index in [-0.39, 0.29) is 11.8 Å². The first-order chi connectivity index (χ1) is 7.60. The van der Waals surface area contributed by atoms with E-state index in [2.05, 4.69) is 11.9 Å². The van der Waals surface area contributed by atoms with E-state index in [9.17, 15) is 4.79 Å². The molecule has 2 rings (SSSR count). The lowest BCUT2D eigenvalue weighted by Crippen LogP contribution is -2.54. The summed E-state index contributed by atoms with van der Waals surface area (Å²) in [7, 11) is 1.65. The zero-order valence-electron chi connectivity index (χ0n) is 9.91. The lowest BCUT2D eigenvalue weighted by Gasteiger charge is -2.39. The Kier molecular flexibility index (Phi) is 2.80. The van der Waals surface area contributed by atoms with E-state index in [0.717, 1.165) is 12.8 Å². The summed E-state index contributed by atoms with van der Waals surface area (Å²) >= 11 is 0. The van der Waals surface area contributed by atoms with Crippen LogP contribution in [0, 0.1) is 11.3 Å². The third-order valence-electron chi connectivity index (χ3n) is 4.05. The fraction of sp³-hybridized carbons (Fsp3) is 0.750. The molecule has 90 valence electrons. The van der Waals surface area contributed by atoms with Crippen LogP contribution >= 0.6 is 0 Å². The van der Waals surface area contributed by atoms with Gasteiger partial charge in [0, 0.05) is 13.5 Å². The van der Waals surface area contributed by atoms with Gasteiger partial charge in [-0.1, -0.05) is 6.08 Å². The Balaban J connectivity index is 2.40. The minimum Gasteiger partial charge on any atom is -0.359 e. The van der Waals surface area contributed by atoms with Gasteiger partial charge in [0.1, 0.15) is 5.41 Å². The molecular formula is C12H19NO3.